The second-order valence-corrected chi connectivity index (χ2v) is 8.30. The number of amides is 2. The molecule has 0 saturated carbocycles. The minimum atomic E-state index is -0.181. The molecule has 0 fully saturated rings. The molecule has 1 aromatic carbocycles. The summed E-state index contributed by atoms with van der Waals surface area (Å²) in [6, 6.07) is 7.10. The van der Waals surface area contributed by atoms with E-state index in [-0.39, 0.29) is 18.2 Å². The number of hydrogen-bond donors (Lipinski definition) is 2. The van der Waals surface area contributed by atoms with Crippen molar-refractivity contribution in [2.45, 2.75) is 32.6 Å². The lowest BCUT2D eigenvalue weighted by molar-refractivity contribution is -0.116. The number of aryl methyl sites for hydroxylation is 1. The van der Waals surface area contributed by atoms with Crippen LogP contribution in [0.2, 0.25) is 0 Å². The number of anilines is 1. The van der Waals surface area contributed by atoms with Gasteiger partial charge in [0.1, 0.15) is 0 Å². The Morgan fingerprint density at radius 3 is 2.84 bits per heavy atom. The lowest BCUT2D eigenvalue weighted by atomic mass is 9.93. The fraction of sp³-hybridized carbons (Fsp3) is 0.389. The molecule has 1 heterocycles. The molecule has 1 aliphatic carbocycles. The van der Waals surface area contributed by atoms with E-state index in [4.69, 9.17) is 0 Å². The number of halogens is 1. The van der Waals surface area contributed by atoms with Crippen LogP contribution in [0.15, 0.2) is 28.7 Å². The molecule has 0 bridgehead atoms. The second kappa shape index (κ2) is 8.10. The number of benzene rings is 1. The van der Waals surface area contributed by atoms with Crippen LogP contribution in [-0.4, -0.2) is 23.3 Å². The van der Waals surface area contributed by atoms with Crippen molar-refractivity contribution in [3.05, 3.63) is 44.9 Å². The van der Waals surface area contributed by atoms with E-state index in [0.717, 1.165) is 29.4 Å². The molecule has 1 aliphatic rings. The van der Waals surface area contributed by atoms with E-state index in [1.807, 2.05) is 12.1 Å². The van der Waals surface area contributed by atoms with Crippen LogP contribution in [0.25, 0.3) is 0 Å². The third-order valence-corrected chi connectivity index (χ3v) is 5.74. The molecule has 0 saturated heterocycles. The molecule has 0 radical (unpaired) electrons. The van der Waals surface area contributed by atoms with Crippen LogP contribution in [0.4, 0.5) is 5.13 Å². The molecular weight excluding hydrogens is 402 g/mol. The Bertz CT molecular complexity index is 773. The van der Waals surface area contributed by atoms with Gasteiger partial charge in [-0.15, -0.1) is 11.3 Å². The van der Waals surface area contributed by atoms with E-state index in [1.54, 1.807) is 23.5 Å². The van der Waals surface area contributed by atoms with Crippen LogP contribution in [0.1, 0.15) is 40.7 Å². The molecule has 2 amide bonds. The molecule has 0 spiro atoms. The van der Waals surface area contributed by atoms with E-state index in [9.17, 15) is 9.59 Å². The maximum atomic E-state index is 12.1. The van der Waals surface area contributed by atoms with E-state index in [2.05, 4.69) is 38.5 Å². The molecule has 1 unspecified atom stereocenters. The number of nitrogens with one attached hydrogen (secondary N) is 2. The van der Waals surface area contributed by atoms with Crippen molar-refractivity contribution in [1.82, 2.24) is 10.3 Å². The van der Waals surface area contributed by atoms with E-state index in [0.29, 0.717) is 23.2 Å². The number of rotatable bonds is 5. The van der Waals surface area contributed by atoms with Gasteiger partial charge in [0, 0.05) is 27.9 Å². The predicted octanol–water partition coefficient (Wildman–Crippen LogP) is 3.79. The quantitative estimate of drug-likeness (QED) is 0.770. The Morgan fingerprint density at radius 1 is 1.32 bits per heavy atom. The summed E-state index contributed by atoms with van der Waals surface area (Å²) in [5.74, 6) is 0.375. The highest BCUT2D eigenvalue weighted by atomic mass is 79.9. The van der Waals surface area contributed by atoms with Gasteiger partial charge in [0.25, 0.3) is 5.91 Å². The van der Waals surface area contributed by atoms with E-state index in [1.165, 1.54) is 4.88 Å². The van der Waals surface area contributed by atoms with Gasteiger partial charge >= 0.3 is 0 Å². The third-order valence-electron chi connectivity index (χ3n) is 4.18. The number of thiazole rings is 1. The zero-order valence-electron chi connectivity index (χ0n) is 14.0. The van der Waals surface area contributed by atoms with Gasteiger partial charge < -0.3 is 10.6 Å². The van der Waals surface area contributed by atoms with Crippen LogP contribution < -0.4 is 10.6 Å². The largest absolute Gasteiger partial charge is 0.352 e. The van der Waals surface area contributed by atoms with Crippen molar-refractivity contribution in [2.24, 2.45) is 5.92 Å². The SMILES string of the molecule is CC1CCc2nc(NC(=O)CCNC(=O)c3ccc(Br)cc3)sc2C1. The van der Waals surface area contributed by atoms with Gasteiger partial charge in [-0.25, -0.2) is 4.98 Å². The Morgan fingerprint density at radius 2 is 2.08 bits per heavy atom. The zero-order chi connectivity index (χ0) is 17.8. The van der Waals surface area contributed by atoms with Gasteiger partial charge in [0.05, 0.1) is 5.69 Å². The van der Waals surface area contributed by atoms with Crippen molar-refractivity contribution < 1.29 is 9.59 Å². The first-order valence-electron chi connectivity index (χ1n) is 8.33. The minimum absolute atomic E-state index is 0.129. The summed E-state index contributed by atoms with van der Waals surface area (Å²) in [5.41, 5.74) is 1.70. The highest BCUT2D eigenvalue weighted by Crippen LogP contribution is 2.32. The molecule has 3 rings (SSSR count). The van der Waals surface area contributed by atoms with Gasteiger partial charge in [0.2, 0.25) is 5.91 Å². The molecule has 5 nitrogen and oxygen atoms in total. The summed E-state index contributed by atoms with van der Waals surface area (Å²) in [4.78, 5) is 29.8. The first-order valence-corrected chi connectivity index (χ1v) is 9.94. The van der Waals surface area contributed by atoms with Crippen molar-refractivity contribution in [3.8, 4) is 0 Å². The van der Waals surface area contributed by atoms with Crippen LogP contribution in [0.5, 0.6) is 0 Å². The summed E-state index contributed by atoms with van der Waals surface area (Å²) in [5, 5.41) is 6.27. The maximum absolute atomic E-state index is 12.1. The first kappa shape index (κ1) is 18.1. The Hall–Kier alpha value is -1.73. The van der Waals surface area contributed by atoms with Gasteiger partial charge in [-0.2, -0.15) is 0 Å². The lowest BCUT2D eigenvalue weighted by Gasteiger charge is -2.15. The van der Waals surface area contributed by atoms with Crippen LogP contribution in [-0.2, 0) is 17.6 Å². The zero-order valence-corrected chi connectivity index (χ0v) is 16.4. The highest BCUT2D eigenvalue weighted by Gasteiger charge is 2.20. The molecule has 7 heteroatoms. The second-order valence-electron chi connectivity index (χ2n) is 6.30. The summed E-state index contributed by atoms with van der Waals surface area (Å²) in [6.07, 6.45) is 3.42. The minimum Gasteiger partial charge on any atom is -0.352 e. The smallest absolute Gasteiger partial charge is 0.251 e. The standard InChI is InChI=1S/C18H20BrN3O2S/c1-11-2-7-14-15(10-11)25-18(21-14)22-16(23)8-9-20-17(24)12-3-5-13(19)6-4-12/h3-6,11H,2,7-10H2,1H3,(H,20,24)(H,21,22,23). The predicted molar refractivity (Wildman–Crippen MR) is 103 cm³/mol. The molecule has 0 aliphatic heterocycles. The van der Waals surface area contributed by atoms with Crippen LogP contribution in [0.3, 0.4) is 0 Å². The molecular formula is C18H20BrN3O2S. The van der Waals surface area contributed by atoms with Crippen molar-refractivity contribution in [1.29, 1.82) is 0 Å². The number of nitrogens with zero attached hydrogens (tertiary/aromatic N) is 1. The molecule has 2 N–H and O–H groups in total. The lowest BCUT2D eigenvalue weighted by Crippen LogP contribution is -2.27. The molecule has 25 heavy (non-hydrogen) atoms. The van der Waals surface area contributed by atoms with Gasteiger partial charge in [-0.1, -0.05) is 22.9 Å². The number of aromatic nitrogens is 1. The van der Waals surface area contributed by atoms with Gasteiger partial charge in [-0.05, 0) is 49.4 Å². The molecule has 1 atom stereocenters. The summed E-state index contributed by atoms with van der Waals surface area (Å²) in [6.45, 7) is 2.54. The molecule has 1 aromatic heterocycles. The monoisotopic (exact) mass is 421 g/mol. The number of hydrogen-bond acceptors (Lipinski definition) is 4. The summed E-state index contributed by atoms with van der Waals surface area (Å²) < 4.78 is 0.920. The number of carbonyl (C=O) groups is 2. The summed E-state index contributed by atoms with van der Waals surface area (Å²) in [7, 11) is 0. The average molecular weight is 422 g/mol. The number of fused-ring (bicyclic) bond motifs is 1. The normalized spacial score (nSPS) is 16.2. The topological polar surface area (TPSA) is 71.1 Å². The highest BCUT2D eigenvalue weighted by molar-refractivity contribution is 9.10. The molecule has 2 aromatic rings. The Kier molecular flexibility index (Phi) is 5.86. The average Bonchev–Trinajstić information content (AvgIpc) is 2.96. The Labute approximate surface area is 159 Å². The Balaban J connectivity index is 1.45. The van der Waals surface area contributed by atoms with E-state index >= 15 is 0 Å². The van der Waals surface area contributed by atoms with E-state index < -0.39 is 0 Å². The molecule has 132 valence electrons. The van der Waals surface area contributed by atoms with Gasteiger partial charge in [0.15, 0.2) is 5.13 Å². The first-order chi connectivity index (χ1) is 12.0. The van der Waals surface area contributed by atoms with Gasteiger partial charge in [-0.3, -0.25) is 9.59 Å². The van der Waals surface area contributed by atoms with Crippen LogP contribution in [0, 0.1) is 5.92 Å². The van der Waals surface area contributed by atoms with Crippen molar-refractivity contribution in [3.63, 3.8) is 0 Å². The maximum Gasteiger partial charge on any atom is 0.251 e. The fourth-order valence-electron chi connectivity index (χ4n) is 2.77. The fourth-order valence-corrected chi connectivity index (χ4v) is 4.22. The van der Waals surface area contributed by atoms with Crippen LogP contribution >= 0.6 is 27.3 Å². The van der Waals surface area contributed by atoms with Crippen molar-refractivity contribution in [2.75, 3.05) is 11.9 Å². The summed E-state index contributed by atoms with van der Waals surface area (Å²) >= 11 is 4.90. The van der Waals surface area contributed by atoms with Crippen molar-refractivity contribution >= 4 is 44.2 Å². The number of carbonyl (C=O) groups excluding carboxylic acids is 2. The third kappa shape index (κ3) is 4.89.